The van der Waals surface area contributed by atoms with Crippen LogP contribution in [0.3, 0.4) is 0 Å². The summed E-state index contributed by atoms with van der Waals surface area (Å²) in [5.74, 6) is 0.0764. The Kier molecular flexibility index (Phi) is 5.13. The van der Waals surface area contributed by atoms with Crippen molar-refractivity contribution in [1.29, 1.82) is 0 Å². The summed E-state index contributed by atoms with van der Waals surface area (Å²) in [6.07, 6.45) is -4.11. The number of pyridine rings is 1. The molecule has 0 radical (unpaired) electrons. The van der Waals surface area contributed by atoms with E-state index in [1.807, 2.05) is 0 Å². The number of rotatable bonds is 6. The fraction of sp³-hybridized carbons (Fsp3) is 0.583. The maximum absolute atomic E-state index is 12.5. The number of nitrogens with one attached hydrogen (secondary N) is 1. The molecular weight excluding hydrogens is 261 g/mol. The number of hydrogen-bond acceptors (Lipinski definition) is 4. The summed E-state index contributed by atoms with van der Waals surface area (Å²) in [5.41, 5.74) is -2.04. The third kappa shape index (κ3) is 5.44. The van der Waals surface area contributed by atoms with E-state index in [4.69, 9.17) is 4.74 Å². The molecule has 7 heteroatoms. The molecule has 0 aliphatic rings. The van der Waals surface area contributed by atoms with Crippen LogP contribution in [0.5, 0.6) is 0 Å². The lowest BCUT2D eigenvalue weighted by atomic mass is 10.0. The van der Waals surface area contributed by atoms with Crippen LogP contribution in [-0.4, -0.2) is 36.0 Å². The number of alkyl halides is 3. The summed E-state index contributed by atoms with van der Waals surface area (Å²) in [4.78, 5) is 3.45. The molecule has 0 amide bonds. The zero-order chi connectivity index (χ0) is 14.5. The maximum Gasteiger partial charge on any atom is 0.433 e. The Balaban J connectivity index is 2.63. The van der Waals surface area contributed by atoms with Crippen molar-refractivity contribution in [1.82, 2.24) is 4.98 Å². The van der Waals surface area contributed by atoms with E-state index >= 15 is 0 Å². The topological polar surface area (TPSA) is 54.4 Å². The Morgan fingerprint density at radius 1 is 1.37 bits per heavy atom. The minimum atomic E-state index is -4.48. The second-order valence-electron chi connectivity index (χ2n) is 4.50. The summed E-state index contributed by atoms with van der Waals surface area (Å²) >= 11 is 0. The van der Waals surface area contributed by atoms with Gasteiger partial charge >= 0.3 is 6.18 Å². The summed E-state index contributed by atoms with van der Waals surface area (Å²) in [6.45, 7) is 2.03. The Labute approximate surface area is 109 Å². The van der Waals surface area contributed by atoms with E-state index in [2.05, 4.69) is 10.3 Å². The van der Waals surface area contributed by atoms with Gasteiger partial charge in [0.25, 0.3) is 0 Å². The van der Waals surface area contributed by atoms with Gasteiger partial charge in [-0.3, -0.25) is 0 Å². The number of halogens is 3. The number of anilines is 1. The third-order valence-electron chi connectivity index (χ3n) is 2.53. The molecule has 4 nitrogen and oxygen atoms in total. The van der Waals surface area contributed by atoms with Gasteiger partial charge in [-0.2, -0.15) is 13.2 Å². The van der Waals surface area contributed by atoms with Gasteiger partial charge in [-0.15, -0.1) is 0 Å². The molecule has 0 spiro atoms. The standard InChI is InChI=1S/C12H17F3N2O2/c1-11(18,6-7-19-2)8-16-10-5-3-4-9(17-10)12(13,14)15/h3-5,18H,6-8H2,1-2H3,(H,16,17). The molecule has 0 aliphatic carbocycles. The van der Waals surface area contributed by atoms with E-state index in [1.165, 1.54) is 19.2 Å². The van der Waals surface area contributed by atoms with Crippen molar-refractivity contribution >= 4 is 5.82 Å². The second kappa shape index (κ2) is 6.21. The van der Waals surface area contributed by atoms with E-state index in [0.717, 1.165) is 6.07 Å². The molecule has 0 bridgehead atoms. The van der Waals surface area contributed by atoms with Crippen molar-refractivity contribution in [2.24, 2.45) is 0 Å². The minimum absolute atomic E-state index is 0.0764. The number of aromatic nitrogens is 1. The van der Waals surface area contributed by atoms with Crippen molar-refractivity contribution in [2.75, 3.05) is 25.6 Å². The molecule has 0 aromatic carbocycles. The van der Waals surface area contributed by atoms with Crippen LogP contribution in [0, 0.1) is 0 Å². The largest absolute Gasteiger partial charge is 0.433 e. The van der Waals surface area contributed by atoms with Crippen LogP contribution in [0.25, 0.3) is 0 Å². The smallest absolute Gasteiger partial charge is 0.388 e. The Bertz CT molecular complexity index is 408. The van der Waals surface area contributed by atoms with Gasteiger partial charge in [0.15, 0.2) is 0 Å². The maximum atomic E-state index is 12.5. The van der Waals surface area contributed by atoms with Crippen molar-refractivity contribution in [3.8, 4) is 0 Å². The van der Waals surface area contributed by atoms with Crippen LogP contribution in [0.2, 0.25) is 0 Å². The highest BCUT2D eigenvalue weighted by Gasteiger charge is 2.32. The molecule has 1 aromatic heterocycles. The Morgan fingerprint density at radius 3 is 2.63 bits per heavy atom. The number of methoxy groups -OCH3 is 1. The highest BCUT2D eigenvalue weighted by Crippen LogP contribution is 2.28. The van der Waals surface area contributed by atoms with Crippen LogP contribution in [0.1, 0.15) is 19.0 Å². The van der Waals surface area contributed by atoms with E-state index in [-0.39, 0.29) is 12.4 Å². The highest BCUT2D eigenvalue weighted by molar-refractivity contribution is 5.36. The van der Waals surface area contributed by atoms with Crippen molar-refractivity contribution in [3.05, 3.63) is 23.9 Å². The van der Waals surface area contributed by atoms with Gasteiger partial charge in [0.1, 0.15) is 11.5 Å². The molecule has 19 heavy (non-hydrogen) atoms. The molecule has 1 aromatic rings. The average molecular weight is 278 g/mol. The monoisotopic (exact) mass is 278 g/mol. The van der Waals surface area contributed by atoms with Crippen LogP contribution >= 0.6 is 0 Å². The predicted molar refractivity (Wildman–Crippen MR) is 64.8 cm³/mol. The molecule has 1 unspecified atom stereocenters. The number of nitrogens with zero attached hydrogens (tertiary/aromatic N) is 1. The zero-order valence-electron chi connectivity index (χ0n) is 10.8. The van der Waals surface area contributed by atoms with Crippen LogP contribution in [0.4, 0.5) is 19.0 Å². The van der Waals surface area contributed by atoms with Gasteiger partial charge in [-0.05, 0) is 19.1 Å². The third-order valence-corrected chi connectivity index (χ3v) is 2.53. The van der Waals surface area contributed by atoms with Crippen LogP contribution in [0.15, 0.2) is 18.2 Å². The number of ether oxygens (including phenoxy) is 1. The second-order valence-corrected chi connectivity index (χ2v) is 4.50. The summed E-state index contributed by atoms with van der Waals surface area (Å²) in [5, 5.41) is 12.6. The lowest BCUT2D eigenvalue weighted by Crippen LogP contribution is -2.35. The molecule has 0 fully saturated rings. The fourth-order valence-electron chi connectivity index (χ4n) is 1.38. The Hall–Kier alpha value is -1.34. The summed E-state index contributed by atoms with van der Waals surface area (Å²) in [7, 11) is 1.51. The molecule has 2 N–H and O–H groups in total. The highest BCUT2D eigenvalue weighted by atomic mass is 19.4. The first-order chi connectivity index (χ1) is 8.74. The zero-order valence-corrected chi connectivity index (χ0v) is 10.8. The van der Waals surface area contributed by atoms with Gasteiger partial charge in [0, 0.05) is 26.7 Å². The lowest BCUT2D eigenvalue weighted by Gasteiger charge is -2.23. The first-order valence-corrected chi connectivity index (χ1v) is 5.74. The number of aliphatic hydroxyl groups is 1. The fourth-order valence-corrected chi connectivity index (χ4v) is 1.38. The lowest BCUT2D eigenvalue weighted by molar-refractivity contribution is -0.141. The minimum Gasteiger partial charge on any atom is -0.388 e. The molecule has 1 heterocycles. The van der Waals surface area contributed by atoms with Crippen LogP contribution in [-0.2, 0) is 10.9 Å². The van der Waals surface area contributed by atoms with E-state index in [1.54, 1.807) is 6.92 Å². The quantitative estimate of drug-likeness (QED) is 0.838. The average Bonchev–Trinajstić information content (AvgIpc) is 2.34. The first kappa shape index (κ1) is 15.7. The Morgan fingerprint density at radius 2 is 2.05 bits per heavy atom. The molecule has 0 aliphatic heterocycles. The van der Waals surface area contributed by atoms with Crippen molar-refractivity contribution in [3.63, 3.8) is 0 Å². The first-order valence-electron chi connectivity index (χ1n) is 5.74. The van der Waals surface area contributed by atoms with Gasteiger partial charge in [0.05, 0.1) is 5.60 Å². The molecule has 1 atom stereocenters. The van der Waals surface area contributed by atoms with Gasteiger partial charge in [0.2, 0.25) is 0 Å². The van der Waals surface area contributed by atoms with Gasteiger partial charge in [-0.1, -0.05) is 6.07 Å². The molecule has 0 saturated carbocycles. The number of hydrogen-bond donors (Lipinski definition) is 2. The molecule has 0 saturated heterocycles. The van der Waals surface area contributed by atoms with E-state index < -0.39 is 17.5 Å². The summed E-state index contributed by atoms with van der Waals surface area (Å²) < 4.78 is 42.2. The normalized spacial score (nSPS) is 15.1. The van der Waals surface area contributed by atoms with Crippen molar-refractivity contribution in [2.45, 2.75) is 25.1 Å². The SMILES string of the molecule is COCCC(C)(O)CNc1cccc(C(F)(F)F)n1. The molecule has 1 rings (SSSR count). The van der Waals surface area contributed by atoms with Crippen LogP contribution < -0.4 is 5.32 Å². The van der Waals surface area contributed by atoms with E-state index in [0.29, 0.717) is 13.0 Å². The molecular formula is C12H17F3N2O2. The van der Waals surface area contributed by atoms with Crippen molar-refractivity contribution < 1.29 is 23.0 Å². The predicted octanol–water partition coefficient (Wildman–Crippen LogP) is 2.30. The van der Waals surface area contributed by atoms with Gasteiger partial charge in [-0.25, -0.2) is 4.98 Å². The molecule has 108 valence electrons. The van der Waals surface area contributed by atoms with Gasteiger partial charge < -0.3 is 15.2 Å². The van der Waals surface area contributed by atoms with E-state index in [9.17, 15) is 18.3 Å². The summed E-state index contributed by atoms with van der Waals surface area (Å²) in [6, 6.07) is 3.58.